The van der Waals surface area contributed by atoms with Crippen LogP contribution >= 0.6 is 11.6 Å². The van der Waals surface area contributed by atoms with E-state index in [-0.39, 0.29) is 16.5 Å². The van der Waals surface area contributed by atoms with Gasteiger partial charge < -0.3 is 15.3 Å². The van der Waals surface area contributed by atoms with E-state index in [1.807, 2.05) is 11.9 Å². The molecule has 0 bridgehead atoms. The third-order valence-electron chi connectivity index (χ3n) is 2.58. The number of carbonyl (C=O) groups excluding carboxylic acids is 1. The Kier molecular flexibility index (Phi) is 4.97. The third kappa shape index (κ3) is 3.63. The second-order valence-corrected chi connectivity index (χ2v) is 4.22. The zero-order chi connectivity index (χ0) is 13.7. The fourth-order valence-electron chi connectivity index (χ4n) is 1.44. The first kappa shape index (κ1) is 14.3. The second-order valence-electron chi connectivity index (χ2n) is 3.81. The summed E-state index contributed by atoms with van der Waals surface area (Å²) in [4.78, 5) is 23.8. The van der Waals surface area contributed by atoms with Crippen LogP contribution in [0.2, 0.25) is 5.02 Å². The molecule has 0 heterocycles. The minimum atomic E-state index is -1.06. The average molecular weight is 271 g/mol. The van der Waals surface area contributed by atoms with E-state index in [1.54, 1.807) is 19.2 Å². The van der Waals surface area contributed by atoms with E-state index in [0.29, 0.717) is 13.0 Å². The zero-order valence-electron chi connectivity index (χ0n) is 10.2. The number of hydrogen-bond donors (Lipinski definition) is 2. The molecule has 0 saturated heterocycles. The minimum absolute atomic E-state index is 0.0462. The van der Waals surface area contributed by atoms with E-state index in [9.17, 15) is 9.59 Å². The van der Waals surface area contributed by atoms with Crippen molar-refractivity contribution in [1.82, 2.24) is 5.32 Å². The highest BCUT2D eigenvalue weighted by Gasteiger charge is 2.11. The molecule has 0 atom stereocenters. The molecule has 2 N–H and O–H groups in total. The smallest absolute Gasteiger partial charge is 0.337 e. The normalized spacial score (nSPS) is 9.94. The van der Waals surface area contributed by atoms with Crippen molar-refractivity contribution in [1.29, 1.82) is 0 Å². The number of carbonyl (C=O) groups is 2. The van der Waals surface area contributed by atoms with Crippen molar-refractivity contribution in [2.45, 2.75) is 6.42 Å². The van der Waals surface area contributed by atoms with E-state index in [1.165, 1.54) is 6.07 Å². The summed E-state index contributed by atoms with van der Waals surface area (Å²) in [5.74, 6) is -1.10. The number of aromatic carboxylic acids is 1. The van der Waals surface area contributed by atoms with Crippen molar-refractivity contribution in [2.24, 2.45) is 0 Å². The van der Waals surface area contributed by atoms with Crippen molar-refractivity contribution in [3.8, 4) is 0 Å². The molecule has 0 aromatic heterocycles. The van der Waals surface area contributed by atoms with Gasteiger partial charge in [0, 0.05) is 32.7 Å². The number of carboxylic acids is 1. The fraction of sp³-hybridized carbons (Fsp3) is 0.333. The maximum atomic E-state index is 11.1. The van der Waals surface area contributed by atoms with Crippen molar-refractivity contribution < 1.29 is 14.7 Å². The van der Waals surface area contributed by atoms with Gasteiger partial charge in [0.25, 0.3) is 0 Å². The van der Waals surface area contributed by atoms with E-state index >= 15 is 0 Å². The van der Waals surface area contributed by atoms with Gasteiger partial charge in [0.15, 0.2) is 0 Å². The average Bonchev–Trinajstić information content (AvgIpc) is 2.34. The standard InChI is InChI=1S/C12H15ClN2O3/c1-14-11(16)5-6-15(2)8-3-4-9(12(17)18)10(13)7-8/h3-4,7H,5-6H2,1-2H3,(H,14,16)(H,17,18). The maximum Gasteiger partial charge on any atom is 0.337 e. The molecule has 0 radical (unpaired) electrons. The predicted octanol–water partition coefficient (Wildman–Crippen LogP) is 1.61. The highest BCUT2D eigenvalue weighted by atomic mass is 35.5. The topological polar surface area (TPSA) is 69.6 Å². The molecule has 18 heavy (non-hydrogen) atoms. The van der Waals surface area contributed by atoms with Gasteiger partial charge in [-0.1, -0.05) is 11.6 Å². The number of halogens is 1. The molecule has 98 valence electrons. The first-order chi connectivity index (χ1) is 8.45. The molecule has 6 heteroatoms. The summed E-state index contributed by atoms with van der Waals surface area (Å²) in [5, 5.41) is 11.6. The fourth-order valence-corrected chi connectivity index (χ4v) is 1.69. The number of benzene rings is 1. The summed E-state index contributed by atoms with van der Waals surface area (Å²) in [7, 11) is 3.40. The lowest BCUT2D eigenvalue weighted by Crippen LogP contribution is -2.26. The van der Waals surface area contributed by atoms with Crippen molar-refractivity contribution in [3.63, 3.8) is 0 Å². The molecule has 1 aromatic carbocycles. The highest BCUT2D eigenvalue weighted by Crippen LogP contribution is 2.23. The summed E-state index contributed by atoms with van der Waals surface area (Å²) < 4.78 is 0. The van der Waals surface area contributed by atoms with Gasteiger partial charge in [-0.15, -0.1) is 0 Å². The van der Waals surface area contributed by atoms with Gasteiger partial charge in [0.1, 0.15) is 0 Å². The van der Waals surface area contributed by atoms with Crippen LogP contribution in [-0.4, -0.2) is 37.6 Å². The van der Waals surface area contributed by atoms with Crippen LogP contribution in [0.1, 0.15) is 16.8 Å². The number of nitrogens with zero attached hydrogens (tertiary/aromatic N) is 1. The second kappa shape index (κ2) is 6.26. The molecule has 1 aromatic rings. The largest absolute Gasteiger partial charge is 0.478 e. The lowest BCUT2D eigenvalue weighted by atomic mass is 10.2. The van der Waals surface area contributed by atoms with Gasteiger partial charge in [0.2, 0.25) is 5.91 Å². The zero-order valence-corrected chi connectivity index (χ0v) is 11.0. The Labute approximate surface area is 110 Å². The van der Waals surface area contributed by atoms with Crippen LogP contribution < -0.4 is 10.2 Å². The van der Waals surface area contributed by atoms with Gasteiger partial charge in [-0.3, -0.25) is 4.79 Å². The van der Waals surface area contributed by atoms with Gasteiger partial charge >= 0.3 is 5.97 Å². The Morgan fingerprint density at radius 1 is 1.44 bits per heavy atom. The van der Waals surface area contributed by atoms with Crippen LogP contribution in [0, 0.1) is 0 Å². The van der Waals surface area contributed by atoms with Gasteiger partial charge in [-0.05, 0) is 18.2 Å². The summed E-state index contributed by atoms with van der Waals surface area (Å²) in [5.41, 5.74) is 0.842. The number of hydrogen-bond acceptors (Lipinski definition) is 3. The first-order valence-electron chi connectivity index (χ1n) is 5.40. The SMILES string of the molecule is CNC(=O)CCN(C)c1ccc(C(=O)O)c(Cl)c1. The predicted molar refractivity (Wildman–Crippen MR) is 70.4 cm³/mol. The number of carboxylic acid groups (broad SMARTS) is 1. The molecular formula is C12H15ClN2O3. The summed E-state index contributed by atoms with van der Waals surface area (Å²) >= 11 is 5.87. The maximum absolute atomic E-state index is 11.1. The molecule has 0 saturated carbocycles. The van der Waals surface area contributed by atoms with Gasteiger partial charge in [0.05, 0.1) is 10.6 Å². The molecule has 0 aliphatic carbocycles. The Morgan fingerprint density at radius 2 is 2.11 bits per heavy atom. The third-order valence-corrected chi connectivity index (χ3v) is 2.89. The van der Waals surface area contributed by atoms with Crippen LogP contribution in [0.15, 0.2) is 18.2 Å². The van der Waals surface area contributed by atoms with Crippen molar-refractivity contribution >= 4 is 29.2 Å². The van der Waals surface area contributed by atoms with Gasteiger partial charge in [-0.2, -0.15) is 0 Å². The minimum Gasteiger partial charge on any atom is -0.478 e. The number of anilines is 1. The van der Waals surface area contributed by atoms with E-state index in [4.69, 9.17) is 16.7 Å². The molecule has 0 spiro atoms. The van der Waals surface area contributed by atoms with E-state index in [0.717, 1.165) is 5.69 Å². The molecular weight excluding hydrogens is 256 g/mol. The highest BCUT2D eigenvalue weighted by molar-refractivity contribution is 6.33. The number of amides is 1. The Balaban J connectivity index is 2.75. The molecule has 1 rings (SSSR count). The summed E-state index contributed by atoms with van der Waals surface area (Å²) in [6.07, 6.45) is 0.366. The van der Waals surface area contributed by atoms with Crippen molar-refractivity contribution in [2.75, 3.05) is 25.5 Å². The summed E-state index contributed by atoms with van der Waals surface area (Å²) in [6, 6.07) is 4.70. The first-order valence-corrected chi connectivity index (χ1v) is 5.78. The lowest BCUT2D eigenvalue weighted by Gasteiger charge is -2.19. The molecule has 0 aliphatic heterocycles. The molecule has 5 nitrogen and oxygen atoms in total. The van der Waals surface area contributed by atoms with E-state index in [2.05, 4.69) is 5.32 Å². The molecule has 0 aliphatic rings. The number of rotatable bonds is 5. The van der Waals surface area contributed by atoms with Crippen LogP contribution in [0.25, 0.3) is 0 Å². The molecule has 1 amide bonds. The van der Waals surface area contributed by atoms with Crippen molar-refractivity contribution in [3.05, 3.63) is 28.8 Å². The van der Waals surface area contributed by atoms with Crippen LogP contribution in [0.5, 0.6) is 0 Å². The molecule has 0 unspecified atom stereocenters. The quantitative estimate of drug-likeness (QED) is 0.853. The van der Waals surface area contributed by atoms with Crippen LogP contribution in [0.4, 0.5) is 5.69 Å². The van der Waals surface area contributed by atoms with Crippen LogP contribution in [0.3, 0.4) is 0 Å². The lowest BCUT2D eigenvalue weighted by molar-refractivity contribution is -0.120. The molecule has 0 fully saturated rings. The number of nitrogens with one attached hydrogen (secondary N) is 1. The monoisotopic (exact) mass is 270 g/mol. The summed E-state index contributed by atoms with van der Waals surface area (Å²) in [6.45, 7) is 0.530. The Bertz CT molecular complexity index is 463. The van der Waals surface area contributed by atoms with E-state index < -0.39 is 5.97 Å². The van der Waals surface area contributed by atoms with Gasteiger partial charge in [-0.25, -0.2) is 4.79 Å². The van der Waals surface area contributed by atoms with Crippen LogP contribution in [-0.2, 0) is 4.79 Å². The Hall–Kier alpha value is -1.75. The Morgan fingerprint density at radius 3 is 2.61 bits per heavy atom.